The first-order valence-electron chi connectivity index (χ1n) is 7.93. The van der Waals surface area contributed by atoms with Gasteiger partial charge in [-0.15, -0.1) is 0 Å². The maximum absolute atomic E-state index is 11.9. The van der Waals surface area contributed by atoms with E-state index in [0.717, 1.165) is 11.6 Å². The van der Waals surface area contributed by atoms with E-state index in [2.05, 4.69) is 10.0 Å². The number of sulfonamides is 1. The van der Waals surface area contributed by atoms with Gasteiger partial charge in [0.25, 0.3) is 5.69 Å². The Labute approximate surface area is 153 Å². The predicted octanol–water partition coefficient (Wildman–Crippen LogP) is 2.22. The van der Waals surface area contributed by atoms with Crippen LogP contribution in [-0.2, 0) is 10.0 Å². The van der Waals surface area contributed by atoms with E-state index in [9.17, 15) is 18.5 Å². The van der Waals surface area contributed by atoms with Crippen molar-refractivity contribution in [2.24, 2.45) is 0 Å². The van der Waals surface area contributed by atoms with Gasteiger partial charge in [0.2, 0.25) is 10.0 Å². The number of nitro groups is 1. The Hall–Kier alpha value is -2.49. The SMILES string of the molecule is CNS(=O)(=O)c1ccc(NC[C@@H](c2ccccc2)N(C)C)c([N+](=O)[O-])c1. The van der Waals surface area contributed by atoms with E-state index in [1.54, 1.807) is 0 Å². The molecule has 9 heteroatoms. The van der Waals surface area contributed by atoms with Crippen molar-refractivity contribution in [2.75, 3.05) is 33.0 Å². The van der Waals surface area contributed by atoms with Gasteiger partial charge in [0.1, 0.15) is 5.69 Å². The molecule has 0 amide bonds. The van der Waals surface area contributed by atoms with Crippen LogP contribution in [0.4, 0.5) is 11.4 Å². The highest BCUT2D eigenvalue weighted by molar-refractivity contribution is 7.89. The topological polar surface area (TPSA) is 105 Å². The molecule has 1 atom stereocenters. The van der Waals surface area contributed by atoms with Gasteiger partial charge in [-0.1, -0.05) is 30.3 Å². The minimum atomic E-state index is -3.75. The smallest absolute Gasteiger partial charge is 0.293 e. The minimum Gasteiger partial charge on any atom is -0.378 e. The highest BCUT2D eigenvalue weighted by Crippen LogP contribution is 2.28. The summed E-state index contributed by atoms with van der Waals surface area (Å²) in [5, 5.41) is 14.5. The third kappa shape index (κ3) is 4.57. The second-order valence-corrected chi connectivity index (χ2v) is 7.80. The summed E-state index contributed by atoms with van der Waals surface area (Å²) in [7, 11) is 1.36. The fraction of sp³-hybridized carbons (Fsp3) is 0.294. The van der Waals surface area contributed by atoms with Gasteiger partial charge in [0.15, 0.2) is 0 Å². The number of rotatable bonds is 8. The number of nitrogens with one attached hydrogen (secondary N) is 2. The first-order chi connectivity index (χ1) is 12.3. The summed E-state index contributed by atoms with van der Waals surface area (Å²) in [5.41, 5.74) is 1.06. The van der Waals surface area contributed by atoms with Crippen molar-refractivity contribution in [3.05, 3.63) is 64.2 Å². The fourth-order valence-corrected chi connectivity index (χ4v) is 3.33. The molecule has 0 aliphatic carbocycles. The molecule has 0 unspecified atom stereocenters. The van der Waals surface area contributed by atoms with E-state index in [1.807, 2.05) is 49.3 Å². The number of nitro benzene ring substituents is 1. The van der Waals surface area contributed by atoms with E-state index < -0.39 is 14.9 Å². The molecule has 2 aromatic rings. The van der Waals surface area contributed by atoms with Gasteiger partial charge in [-0.25, -0.2) is 13.1 Å². The van der Waals surface area contributed by atoms with Crippen LogP contribution in [0.3, 0.4) is 0 Å². The minimum absolute atomic E-state index is 0.00322. The van der Waals surface area contributed by atoms with Gasteiger partial charge in [-0.2, -0.15) is 0 Å². The van der Waals surface area contributed by atoms with Crippen LogP contribution in [0, 0.1) is 10.1 Å². The Balaban J connectivity index is 2.29. The van der Waals surface area contributed by atoms with Crippen LogP contribution < -0.4 is 10.0 Å². The maximum atomic E-state index is 11.9. The Morgan fingerprint density at radius 2 is 1.81 bits per heavy atom. The van der Waals surface area contributed by atoms with Crippen molar-refractivity contribution >= 4 is 21.4 Å². The zero-order valence-electron chi connectivity index (χ0n) is 14.8. The zero-order chi connectivity index (χ0) is 19.3. The molecule has 0 aromatic heterocycles. The van der Waals surface area contributed by atoms with Gasteiger partial charge >= 0.3 is 0 Å². The lowest BCUT2D eigenvalue weighted by atomic mass is 10.1. The van der Waals surface area contributed by atoms with Crippen LogP contribution in [-0.4, -0.2) is 45.9 Å². The summed E-state index contributed by atoms with van der Waals surface area (Å²) < 4.78 is 25.9. The first-order valence-corrected chi connectivity index (χ1v) is 9.42. The average Bonchev–Trinajstić information content (AvgIpc) is 2.62. The van der Waals surface area contributed by atoms with Crippen molar-refractivity contribution in [1.82, 2.24) is 9.62 Å². The number of nitrogens with zero attached hydrogens (tertiary/aromatic N) is 2. The Kier molecular flexibility index (Phi) is 6.30. The molecule has 0 bridgehead atoms. The lowest BCUT2D eigenvalue weighted by Crippen LogP contribution is -2.27. The molecule has 0 saturated carbocycles. The van der Waals surface area contributed by atoms with E-state index in [4.69, 9.17) is 0 Å². The number of hydrogen-bond donors (Lipinski definition) is 2. The van der Waals surface area contributed by atoms with Crippen LogP contribution in [0.25, 0.3) is 0 Å². The van der Waals surface area contributed by atoms with E-state index in [-0.39, 0.29) is 22.3 Å². The molecule has 0 spiro atoms. The van der Waals surface area contributed by atoms with Gasteiger partial charge in [-0.05, 0) is 38.8 Å². The van der Waals surface area contributed by atoms with Crippen molar-refractivity contribution in [2.45, 2.75) is 10.9 Å². The molecule has 8 nitrogen and oxygen atoms in total. The normalized spacial score (nSPS) is 12.8. The van der Waals surface area contributed by atoms with Crippen LogP contribution in [0.15, 0.2) is 53.4 Å². The van der Waals surface area contributed by atoms with Crippen molar-refractivity contribution in [1.29, 1.82) is 0 Å². The molecular formula is C17H22N4O4S. The molecule has 2 aromatic carbocycles. The monoisotopic (exact) mass is 378 g/mol. The predicted molar refractivity (Wildman–Crippen MR) is 101 cm³/mol. The van der Waals surface area contributed by atoms with Crippen LogP contribution in [0.2, 0.25) is 0 Å². The molecule has 140 valence electrons. The molecule has 26 heavy (non-hydrogen) atoms. The van der Waals surface area contributed by atoms with Crippen molar-refractivity contribution in [3.8, 4) is 0 Å². The molecule has 0 radical (unpaired) electrons. The molecule has 0 aliphatic heterocycles. The first kappa shape index (κ1) is 19.8. The molecule has 0 heterocycles. The second-order valence-electron chi connectivity index (χ2n) is 5.91. The lowest BCUT2D eigenvalue weighted by Gasteiger charge is -2.25. The van der Waals surface area contributed by atoms with E-state index in [1.165, 1.54) is 19.2 Å². The van der Waals surface area contributed by atoms with Gasteiger partial charge < -0.3 is 10.2 Å². The Bertz CT molecular complexity index is 870. The van der Waals surface area contributed by atoms with Crippen LogP contribution >= 0.6 is 0 Å². The number of benzene rings is 2. The van der Waals surface area contributed by atoms with Crippen LogP contribution in [0.5, 0.6) is 0 Å². The van der Waals surface area contributed by atoms with Gasteiger partial charge in [0.05, 0.1) is 15.9 Å². The molecule has 0 aliphatic rings. The number of hydrogen-bond acceptors (Lipinski definition) is 6. The molecular weight excluding hydrogens is 356 g/mol. The average molecular weight is 378 g/mol. The Morgan fingerprint density at radius 1 is 1.15 bits per heavy atom. The van der Waals surface area contributed by atoms with Gasteiger partial charge in [0, 0.05) is 12.6 Å². The molecule has 2 rings (SSSR count). The maximum Gasteiger partial charge on any atom is 0.293 e. The van der Waals surface area contributed by atoms with Crippen molar-refractivity contribution in [3.63, 3.8) is 0 Å². The van der Waals surface area contributed by atoms with E-state index >= 15 is 0 Å². The highest BCUT2D eigenvalue weighted by Gasteiger charge is 2.21. The lowest BCUT2D eigenvalue weighted by molar-refractivity contribution is -0.384. The third-order valence-electron chi connectivity index (χ3n) is 4.04. The van der Waals surface area contributed by atoms with Crippen molar-refractivity contribution < 1.29 is 13.3 Å². The summed E-state index contributed by atoms with van der Waals surface area (Å²) in [6.07, 6.45) is 0. The van der Waals surface area contributed by atoms with Crippen LogP contribution in [0.1, 0.15) is 11.6 Å². The Morgan fingerprint density at radius 3 is 2.35 bits per heavy atom. The summed E-state index contributed by atoms with van der Waals surface area (Å²) in [6.45, 7) is 0.427. The number of likely N-dealkylation sites (N-methyl/N-ethyl adjacent to an activating group) is 1. The summed E-state index contributed by atoms with van der Waals surface area (Å²) in [6, 6.07) is 13.6. The third-order valence-corrected chi connectivity index (χ3v) is 5.45. The van der Waals surface area contributed by atoms with E-state index in [0.29, 0.717) is 6.54 Å². The fourth-order valence-electron chi connectivity index (χ4n) is 2.58. The standard InChI is InChI=1S/C17H22N4O4S/c1-18-26(24,25)14-9-10-15(16(11-14)21(22)23)19-12-17(20(2)3)13-7-5-4-6-8-13/h4-11,17-19H,12H2,1-3H3/t17-/m0/s1. The molecule has 0 saturated heterocycles. The largest absolute Gasteiger partial charge is 0.378 e. The second kappa shape index (κ2) is 8.26. The summed E-state index contributed by atoms with van der Waals surface area (Å²) >= 11 is 0. The highest BCUT2D eigenvalue weighted by atomic mass is 32.2. The summed E-state index contributed by atoms with van der Waals surface area (Å²) in [5.74, 6) is 0. The summed E-state index contributed by atoms with van der Waals surface area (Å²) in [4.78, 5) is 12.6. The molecule has 2 N–H and O–H groups in total. The quantitative estimate of drug-likeness (QED) is 0.539. The van der Waals surface area contributed by atoms with Gasteiger partial charge in [-0.3, -0.25) is 10.1 Å². The number of anilines is 1. The molecule has 0 fully saturated rings. The zero-order valence-corrected chi connectivity index (χ0v) is 15.7.